The van der Waals surface area contributed by atoms with Gasteiger partial charge in [-0.15, -0.1) is 23.5 Å². The smallest absolute Gasteiger partial charge is 0.320 e. The third-order valence-corrected chi connectivity index (χ3v) is 10.5. The minimum absolute atomic E-state index is 0.0245. The standard InChI is InChI=1S/C20H17Cl2NO4S3/c1-10-8-16(11(2)7-14(10)21)30(26,27)23-20(22)13-9-28-15-6-4-3-5-12(15)17(13)29-18(20)19(24)25/h3-8,18,23H,9H2,1-2H3,(H,24,25). The number of benzene rings is 2. The normalized spacial score (nSPS) is 23.3. The van der Waals surface area contributed by atoms with Crippen LogP contribution in [-0.2, 0) is 14.8 Å². The first-order valence-electron chi connectivity index (χ1n) is 8.89. The van der Waals surface area contributed by atoms with Crippen LogP contribution < -0.4 is 4.72 Å². The van der Waals surface area contributed by atoms with Gasteiger partial charge in [-0.1, -0.05) is 41.4 Å². The number of hydrogen-bond acceptors (Lipinski definition) is 5. The van der Waals surface area contributed by atoms with Crippen molar-refractivity contribution in [3.8, 4) is 0 Å². The number of hydrogen-bond donors (Lipinski definition) is 2. The third-order valence-electron chi connectivity index (χ3n) is 5.07. The average molecular weight is 502 g/mol. The second kappa shape index (κ2) is 7.76. The first-order chi connectivity index (χ1) is 14.0. The van der Waals surface area contributed by atoms with E-state index in [0.717, 1.165) is 27.1 Å². The van der Waals surface area contributed by atoms with Gasteiger partial charge in [0, 0.05) is 26.1 Å². The van der Waals surface area contributed by atoms with Crippen molar-refractivity contribution in [2.75, 3.05) is 5.75 Å². The van der Waals surface area contributed by atoms with Gasteiger partial charge in [-0.3, -0.25) is 4.79 Å². The molecular formula is C20H17Cl2NO4S3. The molecule has 0 aliphatic carbocycles. The van der Waals surface area contributed by atoms with E-state index in [2.05, 4.69) is 4.72 Å². The molecule has 2 aromatic carbocycles. The fraction of sp³-hybridized carbons (Fsp3) is 0.250. The molecule has 0 spiro atoms. The molecule has 0 aromatic heterocycles. The van der Waals surface area contributed by atoms with E-state index in [1.807, 2.05) is 24.3 Å². The lowest BCUT2D eigenvalue weighted by molar-refractivity contribution is -0.136. The SMILES string of the molecule is Cc1cc(S(=O)(=O)NC2(Cl)C3=C(SC2C(=O)O)c2ccccc2SC3)c(C)cc1Cl. The second-order valence-electron chi connectivity index (χ2n) is 7.11. The van der Waals surface area contributed by atoms with E-state index in [-0.39, 0.29) is 4.90 Å². The number of carboxylic acids is 1. The molecule has 2 aliphatic heterocycles. The summed E-state index contributed by atoms with van der Waals surface area (Å²) in [6.07, 6.45) is 0. The van der Waals surface area contributed by atoms with E-state index in [1.54, 1.807) is 19.9 Å². The van der Waals surface area contributed by atoms with Gasteiger partial charge in [0.2, 0.25) is 10.0 Å². The third kappa shape index (κ3) is 3.57. The molecule has 10 heteroatoms. The number of nitrogens with one attached hydrogen (secondary N) is 1. The topological polar surface area (TPSA) is 83.5 Å². The minimum Gasteiger partial charge on any atom is -0.480 e. The molecule has 2 heterocycles. The summed E-state index contributed by atoms with van der Waals surface area (Å²) in [4.78, 5) is 12.0. The Morgan fingerprint density at radius 2 is 1.93 bits per heavy atom. The van der Waals surface area contributed by atoms with Gasteiger partial charge in [-0.05, 0) is 48.7 Å². The number of aryl methyl sites for hydroxylation is 2. The minimum atomic E-state index is -4.13. The Balaban J connectivity index is 1.83. The Bertz CT molecular complexity index is 1210. The summed E-state index contributed by atoms with van der Waals surface area (Å²) in [6, 6.07) is 10.7. The van der Waals surface area contributed by atoms with Crippen LogP contribution in [0.1, 0.15) is 16.7 Å². The van der Waals surface area contributed by atoms with E-state index in [4.69, 9.17) is 23.2 Å². The van der Waals surface area contributed by atoms with Crippen molar-refractivity contribution in [3.63, 3.8) is 0 Å². The number of thioether (sulfide) groups is 2. The highest BCUT2D eigenvalue weighted by Crippen LogP contribution is 2.57. The highest BCUT2D eigenvalue weighted by atomic mass is 35.5. The van der Waals surface area contributed by atoms with E-state index in [1.165, 1.54) is 17.8 Å². The van der Waals surface area contributed by atoms with Gasteiger partial charge in [-0.2, -0.15) is 4.72 Å². The van der Waals surface area contributed by atoms with Crippen LogP contribution in [0.5, 0.6) is 0 Å². The number of carbonyl (C=O) groups is 1. The molecule has 158 valence electrons. The van der Waals surface area contributed by atoms with Gasteiger partial charge < -0.3 is 5.11 Å². The van der Waals surface area contributed by atoms with Crippen LogP contribution in [0, 0.1) is 13.8 Å². The van der Waals surface area contributed by atoms with Gasteiger partial charge >= 0.3 is 5.97 Å². The van der Waals surface area contributed by atoms with Crippen molar-refractivity contribution in [2.45, 2.75) is 33.9 Å². The molecule has 4 rings (SSSR count). The summed E-state index contributed by atoms with van der Waals surface area (Å²) in [5.41, 5.74) is 2.50. The lowest BCUT2D eigenvalue weighted by Gasteiger charge is -2.31. The molecule has 2 aliphatic rings. The average Bonchev–Trinajstić information content (AvgIpc) is 2.97. The van der Waals surface area contributed by atoms with Crippen molar-refractivity contribution in [1.82, 2.24) is 4.72 Å². The van der Waals surface area contributed by atoms with Crippen LogP contribution in [0.25, 0.3) is 4.91 Å². The van der Waals surface area contributed by atoms with Crippen molar-refractivity contribution in [2.24, 2.45) is 0 Å². The largest absolute Gasteiger partial charge is 0.480 e. The molecule has 0 radical (unpaired) electrons. The van der Waals surface area contributed by atoms with Crippen LogP contribution in [-0.4, -0.2) is 35.5 Å². The second-order valence-corrected chi connectivity index (χ2v) is 11.9. The Kier molecular flexibility index (Phi) is 5.70. The summed E-state index contributed by atoms with van der Waals surface area (Å²) in [5.74, 6) is -0.785. The maximum absolute atomic E-state index is 13.3. The molecule has 2 aromatic rings. The van der Waals surface area contributed by atoms with Crippen molar-refractivity contribution >= 4 is 67.6 Å². The van der Waals surface area contributed by atoms with Gasteiger partial charge in [0.15, 0.2) is 5.00 Å². The predicted molar refractivity (Wildman–Crippen MR) is 123 cm³/mol. The highest BCUT2D eigenvalue weighted by molar-refractivity contribution is 8.10. The molecule has 5 nitrogen and oxygen atoms in total. The zero-order chi connectivity index (χ0) is 21.8. The Labute approximate surface area is 193 Å². The molecule has 30 heavy (non-hydrogen) atoms. The zero-order valence-corrected chi connectivity index (χ0v) is 19.9. The Morgan fingerprint density at radius 1 is 1.23 bits per heavy atom. The van der Waals surface area contributed by atoms with Gasteiger partial charge in [0.1, 0.15) is 5.25 Å². The van der Waals surface area contributed by atoms with Gasteiger partial charge in [-0.25, -0.2) is 8.42 Å². The summed E-state index contributed by atoms with van der Waals surface area (Å²) >= 11 is 15.5. The fourth-order valence-corrected chi connectivity index (χ4v) is 8.94. The van der Waals surface area contributed by atoms with E-state index in [9.17, 15) is 18.3 Å². The molecule has 2 unspecified atom stereocenters. The number of fused-ring (bicyclic) bond motifs is 2. The van der Waals surface area contributed by atoms with Crippen LogP contribution in [0.2, 0.25) is 5.02 Å². The lowest BCUT2D eigenvalue weighted by Crippen LogP contribution is -2.53. The molecule has 2 atom stereocenters. The maximum atomic E-state index is 13.3. The van der Waals surface area contributed by atoms with Gasteiger partial charge in [0.25, 0.3) is 0 Å². The first kappa shape index (κ1) is 22.0. The number of halogens is 2. The van der Waals surface area contributed by atoms with Gasteiger partial charge in [0.05, 0.1) is 4.90 Å². The molecule has 0 saturated carbocycles. The molecule has 0 amide bonds. The Hall–Kier alpha value is -1.16. The number of sulfonamides is 1. The maximum Gasteiger partial charge on any atom is 0.320 e. The Morgan fingerprint density at radius 3 is 2.63 bits per heavy atom. The molecule has 2 N–H and O–H groups in total. The summed E-state index contributed by atoms with van der Waals surface area (Å²) in [6.45, 7) is 3.34. The monoisotopic (exact) mass is 501 g/mol. The summed E-state index contributed by atoms with van der Waals surface area (Å²) < 4.78 is 29.1. The number of alkyl halides is 1. The number of aliphatic carboxylic acids is 1. The highest BCUT2D eigenvalue weighted by Gasteiger charge is 2.55. The first-order valence-corrected chi connectivity index (χ1v) is 13.0. The molecule has 0 fully saturated rings. The van der Waals surface area contributed by atoms with Crippen LogP contribution in [0.4, 0.5) is 0 Å². The van der Waals surface area contributed by atoms with E-state index < -0.39 is 26.2 Å². The van der Waals surface area contributed by atoms with Crippen LogP contribution in [0.15, 0.2) is 51.8 Å². The lowest BCUT2D eigenvalue weighted by atomic mass is 10.0. The van der Waals surface area contributed by atoms with E-state index >= 15 is 0 Å². The van der Waals surface area contributed by atoms with Crippen molar-refractivity contribution < 1.29 is 18.3 Å². The number of rotatable bonds is 4. The molecule has 0 saturated heterocycles. The van der Waals surface area contributed by atoms with Crippen LogP contribution >= 0.6 is 46.7 Å². The zero-order valence-electron chi connectivity index (χ0n) is 15.9. The van der Waals surface area contributed by atoms with Crippen LogP contribution in [0.3, 0.4) is 0 Å². The quantitative estimate of drug-likeness (QED) is 0.458. The number of carboxylic acid groups (broad SMARTS) is 1. The summed E-state index contributed by atoms with van der Waals surface area (Å²) in [7, 11) is -4.13. The fourth-order valence-electron chi connectivity index (χ4n) is 3.55. The predicted octanol–water partition coefficient (Wildman–Crippen LogP) is 4.89. The molecule has 0 bridgehead atoms. The van der Waals surface area contributed by atoms with E-state index in [0.29, 0.717) is 27.5 Å². The molecular weight excluding hydrogens is 485 g/mol. The van der Waals surface area contributed by atoms with Crippen molar-refractivity contribution in [1.29, 1.82) is 0 Å². The van der Waals surface area contributed by atoms with Crippen molar-refractivity contribution in [3.05, 3.63) is 63.7 Å². The summed E-state index contributed by atoms with van der Waals surface area (Å²) in [5, 5.41) is 9.10.